The van der Waals surface area contributed by atoms with Crippen LogP contribution in [0.4, 0.5) is 5.82 Å². The molecular formula is C19H17N5OS. The summed E-state index contributed by atoms with van der Waals surface area (Å²) in [6.45, 7) is 2.28. The van der Waals surface area contributed by atoms with Gasteiger partial charge in [0, 0.05) is 23.1 Å². The number of anilines is 1. The number of hydrogen-bond acceptors (Lipinski definition) is 6. The topological polar surface area (TPSA) is 55.6 Å². The molecule has 130 valence electrons. The molecule has 0 radical (unpaired) electrons. The number of ether oxygens (including phenoxy) is 1. The summed E-state index contributed by atoms with van der Waals surface area (Å²) >= 11 is 1.73. The van der Waals surface area contributed by atoms with E-state index in [1.54, 1.807) is 17.7 Å². The van der Waals surface area contributed by atoms with Gasteiger partial charge in [-0.15, -0.1) is 11.3 Å². The van der Waals surface area contributed by atoms with Crippen molar-refractivity contribution < 1.29 is 4.74 Å². The summed E-state index contributed by atoms with van der Waals surface area (Å²) < 4.78 is 7.80. The number of nitrogens with zero attached hydrogens (tertiary/aromatic N) is 5. The van der Waals surface area contributed by atoms with E-state index in [0.29, 0.717) is 12.4 Å². The average molecular weight is 363 g/mol. The van der Waals surface area contributed by atoms with E-state index >= 15 is 0 Å². The fourth-order valence-electron chi connectivity index (χ4n) is 3.28. The Kier molecular flexibility index (Phi) is 3.88. The van der Waals surface area contributed by atoms with Crippen LogP contribution < -0.4 is 4.90 Å². The first-order chi connectivity index (χ1) is 12.9. The van der Waals surface area contributed by atoms with Crippen LogP contribution in [0.3, 0.4) is 0 Å². The number of hydrogen-bond donors (Lipinski definition) is 0. The Balaban J connectivity index is 1.56. The van der Waals surface area contributed by atoms with Gasteiger partial charge in [-0.3, -0.25) is 0 Å². The Morgan fingerprint density at radius 1 is 1.12 bits per heavy atom. The highest BCUT2D eigenvalue weighted by Gasteiger charge is 2.25. The lowest BCUT2D eigenvalue weighted by Crippen LogP contribution is -2.39. The Morgan fingerprint density at radius 2 is 2.04 bits per heavy atom. The van der Waals surface area contributed by atoms with Crippen molar-refractivity contribution in [3.63, 3.8) is 0 Å². The fourth-order valence-corrected chi connectivity index (χ4v) is 4.05. The second-order valence-corrected chi connectivity index (χ2v) is 7.14. The second kappa shape index (κ2) is 6.51. The molecule has 1 saturated heterocycles. The smallest absolute Gasteiger partial charge is 0.254 e. The van der Waals surface area contributed by atoms with Gasteiger partial charge >= 0.3 is 0 Å². The predicted molar refractivity (Wildman–Crippen MR) is 101 cm³/mol. The molecule has 1 aliphatic heterocycles. The van der Waals surface area contributed by atoms with Crippen LogP contribution in [0, 0.1) is 0 Å². The van der Waals surface area contributed by atoms with Gasteiger partial charge in [0.2, 0.25) is 0 Å². The van der Waals surface area contributed by atoms with Crippen molar-refractivity contribution in [2.24, 2.45) is 0 Å². The molecule has 7 heteroatoms. The number of thiophene rings is 1. The molecule has 1 fully saturated rings. The maximum absolute atomic E-state index is 5.99. The molecule has 1 aliphatic rings. The van der Waals surface area contributed by atoms with E-state index in [2.05, 4.69) is 55.7 Å². The van der Waals surface area contributed by atoms with E-state index in [9.17, 15) is 0 Å². The Morgan fingerprint density at radius 3 is 2.88 bits per heavy atom. The zero-order valence-electron chi connectivity index (χ0n) is 14.0. The lowest BCUT2D eigenvalue weighted by atomic mass is 10.1. The van der Waals surface area contributed by atoms with Gasteiger partial charge in [-0.25, -0.2) is 4.98 Å². The maximum atomic E-state index is 5.99. The van der Waals surface area contributed by atoms with Crippen molar-refractivity contribution in [3.05, 3.63) is 65.1 Å². The largest absolute Gasteiger partial charge is 0.369 e. The molecule has 3 aromatic heterocycles. The summed E-state index contributed by atoms with van der Waals surface area (Å²) in [7, 11) is 0. The Labute approximate surface area is 154 Å². The van der Waals surface area contributed by atoms with Crippen LogP contribution in [-0.4, -0.2) is 39.3 Å². The molecule has 0 spiro atoms. The lowest BCUT2D eigenvalue weighted by Gasteiger charge is -2.34. The van der Waals surface area contributed by atoms with E-state index in [0.717, 1.165) is 30.2 Å². The molecule has 1 unspecified atom stereocenters. The SMILES string of the molecule is c1ccc(-c2cc(N3CCOC(c4cccs4)C3)n3ncnc3n2)cc1. The number of rotatable bonds is 3. The first-order valence-corrected chi connectivity index (χ1v) is 9.42. The Hall–Kier alpha value is -2.77. The number of fused-ring (bicyclic) bond motifs is 1. The quantitative estimate of drug-likeness (QED) is 0.558. The third-order valence-corrected chi connectivity index (χ3v) is 5.52. The van der Waals surface area contributed by atoms with E-state index < -0.39 is 0 Å². The van der Waals surface area contributed by atoms with Crippen LogP contribution in [0.15, 0.2) is 60.2 Å². The van der Waals surface area contributed by atoms with Gasteiger partial charge in [-0.2, -0.15) is 14.6 Å². The summed E-state index contributed by atoms with van der Waals surface area (Å²) in [6, 6.07) is 16.5. The minimum absolute atomic E-state index is 0.0793. The second-order valence-electron chi connectivity index (χ2n) is 6.16. The van der Waals surface area contributed by atoms with E-state index in [1.807, 2.05) is 22.7 Å². The van der Waals surface area contributed by atoms with Crippen LogP contribution >= 0.6 is 11.3 Å². The highest BCUT2D eigenvalue weighted by atomic mass is 32.1. The minimum atomic E-state index is 0.0793. The van der Waals surface area contributed by atoms with Gasteiger partial charge in [-0.05, 0) is 11.4 Å². The standard InChI is InChI=1S/C19H17N5OS/c1-2-5-14(6-3-1)15-11-18(24-19(22-15)20-13-21-24)23-8-9-25-16(12-23)17-7-4-10-26-17/h1-7,10-11,13,16H,8-9,12H2. The van der Waals surface area contributed by atoms with Gasteiger partial charge in [0.1, 0.15) is 18.2 Å². The van der Waals surface area contributed by atoms with Crippen LogP contribution in [0.25, 0.3) is 17.0 Å². The molecular weight excluding hydrogens is 346 g/mol. The Bertz CT molecular complexity index is 1020. The van der Waals surface area contributed by atoms with Crippen LogP contribution in [-0.2, 0) is 4.74 Å². The normalized spacial score (nSPS) is 17.7. The van der Waals surface area contributed by atoms with E-state index in [4.69, 9.17) is 4.74 Å². The highest BCUT2D eigenvalue weighted by molar-refractivity contribution is 7.10. The molecule has 6 nitrogen and oxygen atoms in total. The summed E-state index contributed by atoms with van der Waals surface area (Å²) in [5.74, 6) is 1.61. The third kappa shape index (κ3) is 2.75. The van der Waals surface area contributed by atoms with Crippen molar-refractivity contribution in [1.29, 1.82) is 0 Å². The molecule has 0 amide bonds. The molecule has 1 aromatic carbocycles. The van der Waals surface area contributed by atoms with Gasteiger partial charge < -0.3 is 9.64 Å². The van der Waals surface area contributed by atoms with Gasteiger partial charge in [0.15, 0.2) is 0 Å². The van der Waals surface area contributed by atoms with Gasteiger partial charge in [-0.1, -0.05) is 36.4 Å². The van der Waals surface area contributed by atoms with Crippen LogP contribution in [0.2, 0.25) is 0 Å². The zero-order chi connectivity index (χ0) is 17.3. The van der Waals surface area contributed by atoms with E-state index in [1.165, 1.54) is 4.88 Å². The molecule has 0 N–H and O–H groups in total. The molecule has 5 rings (SSSR count). The van der Waals surface area contributed by atoms with Crippen molar-refractivity contribution in [2.45, 2.75) is 6.10 Å². The first kappa shape index (κ1) is 15.5. The monoisotopic (exact) mass is 363 g/mol. The van der Waals surface area contributed by atoms with Crippen LogP contribution in [0.1, 0.15) is 11.0 Å². The average Bonchev–Trinajstić information content (AvgIpc) is 3.40. The highest BCUT2D eigenvalue weighted by Crippen LogP contribution is 2.30. The van der Waals surface area contributed by atoms with Crippen LogP contribution in [0.5, 0.6) is 0 Å². The summed E-state index contributed by atoms with van der Waals surface area (Å²) in [5.41, 5.74) is 1.97. The zero-order valence-corrected chi connectivity index (χ0v) is 14.8. The summed E-state index contributed by atoms with van der Waals surface area (Å²) in [6.07, 6.45) is 1.63. The molecule has 26 heavy (non-hydrogen) atoms. The summed E-state index contributed by atoms with van der Waals surface area (Å²) in [4.78, 5) is 12.5. The number of morpholine rings is 1. The molecule has 4 aromatic rings. The predicted octanol–water partition coefficient (Wildman–Crippen LogP) is 3.43. The van der Waals surface area contributed by atoms with E-state index in [-0.39, 0.29) is 6.10 Å². The van der Waals surface area contributed by atoms with Gasteiger partial charge in [0.05, 0.1) is 18.8 Å². The lowest BCUT2D eigenvalue weighted by molar-refractivity contribution is 0.0417. The fraction of sp³-hybridized carbons (Fsp3) is 0.211. The number of aromatic nitrogens is 4. The van der Waals surface area contributed by atoms with Crippen molar-refractivity contribution in [2.75, 3.05) is 24.6 Å². The molecule has 0 bridgehead atoms. The van der Waals surface area contributed by atoms with Gasteiger partial charge in [0.25, 0.3) is 5.78 Å². The maximum Gasteiger partial charge on any atom is 0.254 e. The number of benzene rings is 1. The van der Waals surface area contributed by atoms with Crippen molar-refractivity contribution in [3.8, 4) is 11.3 Å². The van der Waals surface area contributed by atoms with Crippen molar-refractivity contribution in [1.82, 2.24) is 19.6 Å². The molecule has 4 heterocycles. The van der Waals surface area contributed by atoms with Crippen molar-refractivity contribution >= 4 is 22.9 Å². The summed E-state index contributed by atoms with van der Waals surface area (Å²) in [5, 5.41) is 6.47. The third-order valence-electron chi connectivity index (χ3n) is 4.55. The molecule has 0 aliphatic carbocycles. The molecule has 1 atom stereocenters. The molecule has 0 saturated carbocycles. The first-order valence-electron chi connectivity index (χ1n) is 8.54. The minimum Gasteiger partial charge on any atom is -0.369 e.